The Hall–Kier alpha value is -3.48. The molecule has 5 nitrogen and oxygen atoms in total. The standard InChI is InChI=1S/C27H23BrN4O/c28-19-9-10-24-21(13-19)23(16-30-24)26-14-22(20-3-1-2-4-25(20)32-26)27(33)31-15-18-7-5-17(6-8-18)11-12-29/h1-10,13-14,16,30H,11-12,15,29H2,(H,31,33). The maximum atomic E-state index is 13.3. The second kappa shape index (κ2) is 9.17. The molecule has 0 aliphatic carbocycles. The number of aromatic nitrogens is 2. The van der Waals surface area contributed by atoms with E-state index in [0.29, 0.717) is 18.7 Å². The molecular formula is C27H23BrN4O. The first-order valence-electron chi connectivity index (χ1n) is 10.9. The predicted molar refractivity (Wildman–Crippen MR) is 137 cm³/mol. The van der Waals surface area contributed by atoms with Crippen LogP contribution in [0, 0.1) is 0 Å². The number of nitrogens with one attached hydrogen (secondary N) is 2. The molecular weight excluding hydrogens is 476 g/mol. The summed E-state index contributed by atoms with van der Waals surface area (Å²) in [4.78, 5) is 21.4. The van der Waals surface area contributed by atoms with Gasteiger partial charge in [-0.2, -0.15) is 0 Å². The fraction of sp³-hybridized carbons (Fsp3) is 0.111. The van der Waals surface area contributed by atoms with Crippen LogP contribution in [0.1, 0.15) is 21.5 Å². The third kappa shape index (κ3) is 4.40. The molecule has 0 aliphatic rings. The second-order valence-corrected chi connectivity index (χ2v) is 8.92. The van der Waals surface area contributed by atoms with Crippen molar-refractivity contribution in [2.24, 2.45) is 5.73 Å². The molecule has 0 radical (unpaired) electrons. The van der Waals surface area contributed by atoms with Crippen molar-refractivity contribution in [2.75, 3.05) is 6.54 Å². The maximum Gasteiger partial charge on any atom is 0.252 e. The number of para-hydroxylation sites is 1. The summed E-state index contributed by atoms with van der Waals surface area (Å²) in [6, 6.07) is 23.9. The van der Waals surface area contributed by atoms with Gasteiger partial charge in [0.15, 0.2) is 0 Å². The van der Waals surface area contributed by atoms with Gasteiger partial charge in [-0.1, -0.05) is 58.4 Å². The molecule has 1 amide bonds. The summed E-state index contributed by atoms with van der Waals surface area (Å²) in [5.41, 5.74) is 12.0. The van der Waals surface area contributed by atoms with Gasteiger partial charge in [-0.15, -0.1) is 0 Å². The summed E-state index contributed by atoms with van der Waals surface area (Å²) in [6.45, 7) is 1.08. The smallest absolute Gasteiger partial charge is 0.252 e. The molecule has 33 heavy (non-hydrogen) atoms. The van der Waals surface area contributed by atoms with Crippen molar-refractivity contribution in [3.8, 4) is 11.3 Å². The Balaban J connectivity index is 1.49. The number of amides is 1. The Morgan fingerprint density at radius 3 is 2.58 bits per heavy atom. The monoisotopic (exact) mass is 498 g/mol. The first-order valence-corrected chi connectivity index (χ1v) is 11.6. The molecule has 0 spiro atoms. The molecule has 5 rings (SSSR count). The van der Waals surface area contributed by atoms with E-state index in [1.165, 1.54) is 5.56 Å². The number of aromatic amines is 1. The van der Waals surface area contributed by atoms with E-state index in [4.69, 9.17) is 10.7 Å². The Kier molecular flexibility index (Phi) is 5.94. The SMILES string of the molecule is NCCc1ccc(CNC(=O)c2cc(-c3c[nH]c4ccc(Br)cc34)nc3ccccc23)cc1. The molecule has 0 atom stereocenters. The highest BCUT2D eigenvalue weighted by Gasteiger charge is 2.16. The van der Waals surface area contributed by atoms with Gasteiger partial charge < -0.3 is 16.0 Å². The van der Waals surface area contributed by atoms with Crippen LogP contribution in [0.15, 0.2) is 83.5 Å². The van der Waals surface area contributed by atoms with Crippen molar-refractivity contribution in [1.82, 2.24) is 15.3 Å². The molecule has 6 heteroatoms. The zero-order valence-corrected chi connectivity index (χ0v) is 19.5. The van der Waals surface area contributed by atoms with Crippen LogP contribution in [0.25, 0.3) is 33.1 Å². The van der Waals surface area contributed by atoms with Gasteiger partial charge in [-0.05, 0) is 54.4 Å². The zero-order valence-electron chi connectivity index (χ0n) is 17.9. The van der Waals surface area contributed by atoms with Crippen LogP contribution in [0.2, 0.25) is 0 Å². The highest BCUT2D eigenvalue weighted by Crippen LogP contribution is 2.32. The van der Waals surface area contributed by atoms with Gasteiger partial charge in [0.05, 0.1) is 16.8 Å². The van der Waals surface area contributed by atoms with Crippen molar-refractivity contribution < 1.29 is 4.79 Å². The van der Waals surface area contributed by atoms with E-state index < -0.39 is 0 Å². The Bertz CT molecular complexity index is 1460. The van der Waals surface area contributed by atoms with Crippen molar-refractivity contribution in [3.63, 3.8) is 0 Å². The number of nitrogens with two attached hydrogens (primary N) is 1. The predicted octanol–water partition coefficient (Wildman–Crippen LogP) is 5.58. The molecule has 5 aromatic rings. The molecule has 3 aromatic carbocycles. The minimum Gasteiger partial charge on any atom is -0.360 e. The summed E-state index contributed by atoms with van der Waals surface area (Å²) >= 11 is 3.55. The topological polar surface area (TPSA) is 83.8 Å². The molecule has 2 heterocycles. The zero-order chi connectivity index (χ0) is 22.8. The van der Waals surface area contributed by atoms with E-state index in [9.17, 15) is 4.79 Å². The van der Waals surface area contributed by atoms with Gasteiger partial charge in [0.1, 0.15) is 0 Å². The maximum absolute atomic E-state index is 13.3. The van der Waals surface area contributed by atoms with E-state index in [2.05, 4.69) is 44.4 Å². The fourth-order valence-corrected chi connectivity index (χ4v) is 4.44. The molecule has 0 fully saturated rings. The first-order chi connectivity index (χ1) is 16.1. The van der Waals surface area contributed by atoms with Gasteiger partial charge in [0, 0.05) is 39.1 Å². The minimum absolute atomic E-state index is 0.123. The number of H-pyrrole nitrogens is 1. The molecule has 164 valence electrons. The minimum atomic E-state index is -0.123. The molecule has 0 unspecified atom stereocenters. The van der Waals surface area contributed by atoms with Crippen molar-refractivity contribution in [1.29, 1.82) is 0 Å². The van der Waals surface area contributed by atoms with Crippen LogP contribution >= 0.6 is 15.9 Å². The molecule has 0 bridgehead atoms. The molecule has 0 saturated carbocycles. The summed E-state index contributed by atoms with van der Waals surface area (Å²) in [6.07, 6.45) is 2.79. The number of pyridine rings is 1. The summed E-state index contributed by atoms with van der Waals surface area (Å²) in [5, 5.41) is 4.95. The largest absolute Gasteiger partial charge is 0.360 e. The normalized spacial score (nSPS) is 11.2. The van der Waals surface area contributed by atoms with Crippen molar-refractivity contribution >= 4 is 43.6 Å². The Labute approximate surface area is 200 Å². The van der Waals surface area contributed by atoms with Gasteiger partial charge >= 0.3 is 0 Å². The summed E-state index contributed by atoms with van der Waals surface area (Å²) in [7, 11) is 0. The lowest BCUT2D eigenvalue weighted by molar-refractivity contribution is 0.0952. The average molecular weight is 499 g/mol. The van der Waals surface area contributed by atoms with E-state index in [0.717, 1.165) is 49.5 Å². The van der Waals surface area contributed by atoms with E-state index in [-0.39, 0.29) is 5.91 Å². The van der Waals surface area contributed by atoms with E-state index in [1.54, 1.807) is 0 Å². The molecule has 4 N–H and O–H groups in total. The number of carbonyl (C=O) groups excluding carboxylic acids is 1. The van der Waals surface area contributed by atoms with Crippen molar-refractivity contribution in [3.05, 3.63) is 100 Å². The molecule has 0 saturated heterocycles. The van der Waals surface area contributed by atoms with Crippen LogP contribution in [0.3, 0.4) is 0 Å². The number of carbonyl (C=O) groups is 1. The highest BCUT2D eigenvalue weighted by molar-refractivity contribution is 9.10. The van der Waals surface area contributed by atoms with Gasteiger partial charge in [-0.25, -0.2) is 4.98 Å². The fourth-order valence-electron chi connectivity index (χ4n) is 4.07. The quantitative estimate of drug-likeness (QED) is 0.285. The summed E-state index contributed by atoms with van der Waals surface area (Å²) < 4.78 is 0.993. The van der Waals surface area contributed by atoms with Crippen LogP contribution in [0.5, 0.6) is 0 Å². The average Bonchev–Trinajstić information content (AvgIpc) is 3.26. The first kappa shape index (κ1) is 21.4. The molecule has 2 aromatic heterocycles. The lowest BCUT2D eigenvalue weighted by Gasteiger charge is -2.11. The number of hydrogen-bond acceptors (Lipinski definition) is 3. The highest BCUT2D eigenvalue weighted by atomic mass is 79.9. The van der Waals surface area contributed by atoms with Gasteiger partial charge in [0.25, 0.3) is 5.91 Å². The van der Waals surface area contributed by atoms with Crippen LogP contribution in [-0.2, 0) is 13.0 Å². The van der Waals surface area contributed by atoms with Gasteiger partial charge in [-0.3, -0.25) is 4.79 Å². The number of fused-ring (bicyclic) bond motifs is 2. The second-order valence-electron chi connectivity index (χ2n) is 8.00. The van der Waals surface area contributed by atoms with Gasteiger partial charge in [0.2, 0.25) is 0 Å². The third-order valence-corrected chi connectivity index (χ3v) is 6.28. The van der Waals surface area contributed by atoms with E-state index in [1.807, 2.05) is 60.8 Å². The lowest BCUT2D eigenvalue weighted by atomic mass is 10.0. The van der Waals surface area contributed by atoms with E-state index >= 15 is 0 Å². The molecule has 0 aliphatic heterocycles. The van der Waals surface area contributed by atoms with Crippen molar-refractivity contribution in [2.45, 2.75) is 13.0 Å². The summed E-state index contributed by atoms with van der Waals surface area (Å²) in [5.74, 6) is -0.123. The Morgan fingerprint density at radius 1 is 0.970 bits per heavy atom. The van der Waals surface area contributed by atoms with Crippen LogP contribution in [0.4, 0.5) is 0 Å². The lowest BCUT2D eigenvalue weighted by Crippen LogP contribution is -2.23. The van der Waals surface area contributed by atoms with Crippen LogP contribution < -0.4 is 11.1 Å². The number of halogens is 1. The number of nitrogens with zero attached hydrogens (tertiary/aromatic N) is 1. The number of rotatable bonds is 6. The Morgan fingerprint density at radius 2 is 1.76 bits per heavy atom. The number of hydrogen-bond donors (Lipinski definition) is 3. The number of benzene rings is 3. The third-order valence-electron chi connectivity index (χ3n) is 5.79. The van der Waals surface area contributed by atoms with Crippen LogP contribution in [-0.4, -0.2) is 22.4 Å².